The average Bonchev–Trinajstić information content (AvgIpc) is 2.09. The number of nitrogens with two attached hydrogens (primary N) is 3. The van der Waals surface area contributed by atoms with E-state index in [0.29, 0.717) is 15.7 Å². The van der Waals surface area contributed by atoms with Gasteiger partial charge in [-0.05, 0) is 24.6 Å². The van der Waals surface area contributed by atoms with Crippen LogP contribution in [-0.2, 0) is 0 Å². The Hall–Kier alpha value is -1.46. The van der Waals surface area contributed by atoms with Crippen LogP contribution in [0.2, 0.25) is 10.0 Å². The number of rotatable bonds is 1. The van der Waals surface area contributed by atoms with Crippen LogP contribution in [0.4, 0.5) is 5.69 Å². The summed E-state index contributed by atoms with van der Waals surface area (Å²) in [5, 5.41) is 0.917. The van der Waals surface area contributed by atoms with E-state index in [1.165, 1.54) is 0 Å². The molecule has 1 aromatic carbocycles. The molecule has 1 aromatic rings. The van der Waals surface area contributed by atoms with Crippen LogP contribution in [0.15, 0.2) is 22.1 Å². The van der Waals surface area contributed by atoms with E-state index in [9.17, 15) is 0 Å². The van der Waals surface area contributed by atoms with Crippen LogP contribution in [-0.4, -0.2) is 11.9 Å². The van der Waals surface area contributed by atoms with Crippen molar-refractivity contribution in [3.63, 3.8) is 0 Å². The van der Waals surface area contributed by atoms with E-state index in [2.05, 4.69) is 9.98 Å². The molecule has 7 heteroatoms. The fourth-order valence-electron chi connectivity index (χ4n) is 1.11. The van der Waals surface area contributed by atoms with Crippen molar-refractivity contribution in [3.05, 3.63) is 27.7 Å². The molecule has 0 radical (unpaired) electrons. The molecule has 0 spiro atoms. The Labute approximate surface area is 103 Å². The molecule has 0 heterocycles. The van der Waals surface area contributed by atoms with E-state index in [-0.39, 0.29) is 11.9 Å². The molecule has 1 rings (SSSR count). The molecule has 0 saturated heterocycles. The van der Waals surface area contributed by atoms with Gasteiger partial charge in [-0.3, -0.25) is 0 Å². The van der Waals surface area contributed by atoms with E-state index < -0.39 is 0 Å². The van der Waals surface area contributed by atoms with Crippen molar-refractivity contribution in [2.75, 3.05) is 0 Å². The second-order valence-corrected chi connectivity index (χ2v) is 3.90. The highest BCUT2D eigenvalue weighted by Crippen LogP contribution is 2.31. The van der Waals surface area contributed by atoms with E-state index >= 15 is 0 Å². The van der Waals surface area contributed by atoms with Gasteiger partial charge in [-0.15, -0.1) is 0 Å². The molecule has 5 nitrogen and oxygen atoms in total. The number of aliphatic imine (C=N–C) groups is 2. The first-order valence-electron chi connectivity index (χ1n) is 4.29. The molecule has 0 aliphatic rings. The Morgan fingerprint density at radius 1 is 1.19 bits per heavy atom. The quantitative estimate of drug-likeness (QED) is 0.526. The number of benzene rings is 1. The molecular weight excluding hydrogens is 249 g/mol. The van der Waals surface area contributed by atoms with Crippen LogP contribution < -0.4 is 17.2 Å². The van der Waals surface area contributed by atoms with Crippen LogP contribution in [0.3, 0.4) is 0 Å². The third-order valence-electron chi connectivity index (χ3n) is 1.69. The zero-order valence-corrected chi connectivity index (χ0v) is 10.0. The first kappa shape index (κ1) is 12.6. The molecule has 0 unspecified atom stereocenters. The van der Waals surface area contributed by atoms with Crippen molar-refractivity contribution in [3.8, 4) is 0 Å². The third kappa shape index (κ3) is 3.29. The number of nitrogens with zero attached hydrogens (tertiary/aromatic N) is 2. The maximum atomic E-state index is 5.96. The normalized spacial score (nSPS) is 11.3. The van der Waals surface area contributed by atoms with Crippen LogP contribution in [0.5, 0.6) is 0 Å². The van der Waals surface area contributed by atoms with Gasteiger partial charge in [0.1, 0.15) is 0 Å². The Morgan fingerprint density at radius 2 is 1.81 bits per heavy atom. The van der Waals surface area contributed by atoms with E-state index in [0.717, 1.165) is 5.56 Å². The van der Waals surface area contributed by atoms with Crippen molar-refractivity contribution in [2.24, 2.45) is 27.2 Å². The summed E-state index contributed by atoms with van der Waals surface area (Å²) >= 11 is 11.8. The highest BCUT2D eigenvalue weighted by Gasteiger charge is 2.05. The number of aryl methyl sites for hydroxylation is 1. The van der Waals surface area contributed by atoms with Crippen molar-refractivity contribution >= 4 is 40.8 Å². The van der Waals surface area contributed by atoms with E-state index in [4.69, 9.17) is 40.4 Å². The van der Waals surface area contributed by atoms with Crippen molar-refractivity contribution in [2.45, 2.75) is 6.92 Å². The lowest BCUT2D eigenvalue weighted by atomic mass is 10.2. The summed E-state index contributed by atoms with van der Waals surface area (Å²) in [4.78, 5) is 7.58. The molecule has 0 aliphatic carbocycles. The number of halogens is 2. The van der Waals surface area contributed by atoms with Crippen molar-refractivity contribution < 1.29 is 0 Å². The van der Waals surface area contributed by atoms with Gasteiger partial charge in [0.15, 0.2) is 5.96 Å². The molecule has 16 heavy (non-hydrogen) atoms. The number of hydrogen-bond acceptors (Lipinski definition) is 1. The standard InChI is InChI=1S/C9H11Cl2N5/c1-4-2-5(10)3-6(11)7(4)15-9(14)16-8(12)13/h2-3H,1H3,(H6,12,13,14,15,16). The fourth-order valence-corrected chi connectivity index (χ4v) is 1.75. The highest BCUT2D eigenvalue weighted by molar-refractivity contribution is 6.36. The molecule has 0 fully saturated rings. The summed E-state index contributed by atoms with van der Waals surface area (Å²) in [6.07, 6.45) is 0. The maximum Gasteiger partial charge on any atom is 0.223 e. The Kier molecular flexibility index (Phi) is 3.98. The van der Waals surface area contributed by atoms with Crippen molar-refractivity contribution in [1.82, 2.24) is 0 Å². The zero-order valence-electron chi connectivity index (χ0n) is 8.54. The molecule has 6 N–H and O–H groups in total. The third-order valence-corrected chi connectivity index (χ3v) is 2.20. The molecular formula is C9H11Cl2N5. The lowest BCUT2D eigenvalue weighted by Crippen LogP contribution is -2.26. The minimum absolute atomic E-state index is 0.0627. The van der Waals surface area contributed by atoms with Gasteiger partial charge >= 0.3 is 0 Å². The summed E-state index contributed by atoms with van der Waals surface area (Å²) in [6.45, 7) is 1.80. The molecule has 0 aliphatic heterocycles. The largest absolute Gasteiger partial charge is 0.370 e. The van der Waals surface area contributed by atoms with Crippen LogP contribution >= 0.6 is 23.2 Å². The molecule has 86 valence electrons. The molecule has 0 saturated carbocycles. The first-order chi connectivity index (χ1) is 7.40. The van der Waals surface area contributed by atoms with Gasteiger partial charge in [-0.2, -0.15) is 4.99 Å². The van der Waals surface area contributed by atoms with Gasteiger partial charge in [0, 0.05) is 5.02 Å². The van der Waals surface area contributed by atoms with Crippen LogP contribution in [0.25, 0.3) is 0 Å². The topological polar surface area (TPSA) is 103 Å². The summed E-state index contributed by atoms with van der Waals surface area (Å²) in [5.74, 6) is -0.226. The average molecular weight is 260 g/mol. The van der Waals surface area contributed by atoms with Gasteiger partial charge < -0.3 is 17.2 Å². The second kappa shape index (κ2) is 5.05. The van der Waals surface area contributed by atoms with E-state index in [1.807, 2.05) is 0 Å². The Balaban J connectivity index is 3.20. The highest BCUT2D eigenvalue weighted by atomic mass is 35.5. The smallest absolute Gasteiger partial charge is 0.223 e. The van der Waals surface area contributed by atoms with Gasteiger partial charge in [0.2, 0.25) is 5.96 Å². The summed E-state index contributed by atoms with van der Waals surface area (Å²) in [6, 6.07) is 3.28. The lowest BCUT2D eigenvalue weighted by Gasteiger charge is -2.04. The molecule has 0 atom stereocenters. The first-order valence-corrected chi connectivity index (χ1v) is 5.05. The Morgan fingerprint density at radius 3 is 2.31 bits per heavy atom. The van der Waals surface area contributed by atoms with Crippen molar-refractivity contribution in [1.29, 1.82) is 0 Å². The van der Waals surface area contributed by atoms with E-state index in [1.54, 1.807) is 19.1 Å². The molecule has 0 aromatic heterocycles. The van der Waals surface area contributed by atoms with Gasteiger partial charge in [0.25, 0.3) is 0 Å². The SMILES string of the molecule is Cc1cc(Cl)cc(Cl)c1N=C(N)N=C(N)N. The van der Waals surface area contributed by atoms with Crippen LogP contribution in [0.1, 0.15) is 5.56 Å². The monoisotopic (exact) mass is 259 g/mol. The second-order valence-electron chi connectivity index (χ2n) is 3.06. The summed E-state index contributed by atoms with van der Waals surface area (Å²) < 4.78 is 0. The zero-order chi connectivity index (χ0) is 12.3. The summed E-state index contributed by atoms with van der Waals surface area (Å²) in [7, 11) is 0. The predicted molar refractivity (Wildman–Crippen MR) is 68.3 cm³/mol. The predicted octanol–water partition coefficient (Wildman–Crippen LogP) is 1.52. The minimum atomic E-state index is -0.163. The van der Waals surface area contributed by atoms with Crippen LogP contribution in [0, 0.1) is 6.92 Å². The lowest BCUT2D eigenvalue weighted by molar-refractivity contribution is 1.34. The Bertz CT molecular complexity index is 440. The van der Waals surface area contributed by atoms with Gasteiger partial charge in [0.05, 0.1) is 10.7 Å². The molecule has 0 amide bonds. The summed E-state index contributed by atoms with van der Waals surface area (Å²) in [5.41, 5.74) is 17.1. The molecule has 0 bridgehead atoms. The van der Waals surface area contributed by atoms with Gasteiger partial charge in [-0.1, -0.05) is 23.2 Å². The number of guanidine groups is 2. The maximum absolute atomic E-state index is 5.96. The van der Waals surface area contributed by atoms with Gasteiger partial charge in [-0.25, -0.2) is 4.99 Å². The minimum Gasteiger partial charge on any atom is -0.370 e. The fraction of sp³-hybridized carbons (Fsp3) is 0.111. The number of hydrogen-bond donors (Lipinski definition) is 3.